The lowest BCUT2D eigenvalue weighted by molar-refractivity contribution is 0.0754. The number of halogens is 1. The number of benzene rings is 3. The highest BCUT2D eigenvalue weighted by atomic mass is 35.5. The Kier molecular flexibility index (Phi) is 5.78. The number of likely N-dealkylation sites (tertiary alicyclic amines) is 1. The predicted octanol–water partition coefficient (Wildman–Crippen LogP) is 6.42. The molecular weight excluding hydrogens is 366 g/mol. The highest BCUT2D eigenvalue weighted by molar-refractivity contribution is 6.30. The Bertz CT molecular complexity index is 919. The Labute approximate surface area is 171 Å². The largest absolute Gasteiger partial charge is 0.338 e. The summed E-state index contributed by atoms with van der Waals surface area (Å²) in [6, 6.07) is 26.3. The minimum absolute atomic E-state index is 0.125. The van der Waals surface area contributed by atoms with Crippen molar-refractivity contribution in [2.45, 2.75) is 25.2 Å². The molecule has 1 aliphatic heterocycles. The van der Waals surface area contributed by atoms with Gasteiger partial charge in [-0.3, -0.25) is 4.79 Å². The van der Waals surface area contributed by atoms with Gasteiger partial charge in [-0.2, -0.15) is 0 Å². The third-order valence-corrected chi connectivity index (χ3v) is 5.79. The molecule has 4 rings (SSSR count). The van der Waals surface area contributed by atoms with Crippen LogP contribution in [0.3, 0.4) is 0 Å². The van der Waals surface area contributed by atoms with Gasteiger partial charge in [0.2, 0.25) is 0 Å². The average Bonchev–Trinajstić information content (AvgIpc) is 3.01. The SMILES string of the molecule is O=C(c1ccc(-c2ccccc2)cc1)N1CCCCC(c2ccc(Cl)cc2)C1. The first-order valence-electron chi connectivity index (χ1n) is 9.91. The van der Waals surface area contributed by atoms with E-state index in [1.54, 1.807) is 0 Å². The zero-order valence-electron chi connectivity index (χ0n) is 15.9. The predicted molar refractivity (Wildman–Crippen MR) is 116 cm³/mol. The molecule has 0 saturated carbocycles. The summed E-state index contributed by atoms with van der Waals surface area (Å²) in [6.45, 7) is 1.59. The summed E-state index contributed by atoms with van der Waals surface area (Å²) in [5, 5.41) is 0.754. The molecule has 0 radical (unpaired) electrons. The van der Waals surface area contributed by atoms with Crippen LogP contribution < -0.4 is 0 Å². The van der Waals surface area contributed by atoms with E-state index in [2.05, 4.69) is 24.3 Å². The van der Waals surface area contributed by atoms with Gasteiger partial charge in [0.05, 0.1) is 0 Å². The molecule has 1 heterocycles. The Morgan fingerprint density at radius 2 is 1.50 bits per heavy atom. The van der Waals surface area contributed by atoms with Gasteiger partial charge in [-0.25, -0.2) is 0 Å². The maximum Gasteiger partial charge on any atom is 0.253 e. The van der Waals surface area contributed by atoms with Gasteiger partial charge in [0.25, 0.3) is 5.91 Å². The van der Waals surface area contributed by atoms with Gasteiger partial charge in [-0.15, -0.1) is 0 Å². The highest BCUT2D eigenvalue weighted by Crippen LogP contribution is 2.28. The third-order valence-electron chi connectivity index (χ3n) is 5.54. The van der Waals surface area contributed by atoms with Gasteiger partial charge >= 0.3 is 0 Å². The number of amides is 1. The molecule has 28 heavy (non-hydrogen) atoms. The Morgan fingerprint density at radius 1 is 0.821 bits per heavy atom. The zero-order valence-corrected chi connectivity index (χ0v) is 16.6. The number of rotatable bonds is 3. The lowest BCUT2D eigenvalue weighted by atomic mass is 9.94. The van der Waals surface area contributed by atoms with Crippen molar-refractivity contribution in [3.8, 4) is 11.1 Å². The standard InChI is InChI=1S/C25H24ClNO/c26-24-15-13-21(14-16-24)23-8-4-5-17-27(18-23)25(28)22-11-9-20(10-12-22)19-6-2-1-3-7-19/h1-3,6-7,9-16,23H,4-5,8,17-18H2. The summed E-state index contributed by atoms with van der Waals surface area (Å²) in [5.41, 5.74) is 4.33. The van der Waals surface area contributed by atoms with Crippen molar-refractivity contribution < 1.29 is 4.79 Å². The molecule has 2 nitrogen and oxygen atoms in total. The fourth-order valence-electron chi connectivity index (χ4n) is 3.95. The van der Waals surface area contributed by atoms with E-state index in [0.717, 1.165) is 48.5 Å². The summed E-state index contributed by atoms with van der Waals surface area (Å²) >= 11 is 6.03. The fraction of sp³-hybridized carbons (Fsp3) is 0.240. The van der Waals surface area contributed by atoms with Crippen LogP contribution in [0, 0.1) is 0 Å². The van der Waals surface area contributed by atoms with E-state index < -0.39 is 0 Å². The van der Waals surface area contributed by atoms with E-state index in [-0.39, 0.29) is 5.91 Å². The molecule has 1 atom stereocenters. The smallest absolute Gasteiger partial charge is 0.253 e. The van der Waals surface area contributed by atoms with E-state index in [0.29, 0.717) is 5.92 Å². The monoisotopic (exact) mass is 389 g/mol. The average molecular weight is 390 g/mol. The second-order valence-corrected chi connectivity index (χ2v) is 7.88. The van der Waals surface area contributed by atoms with Crippen LogP contribution in [0.1, 0.15) is 41.1 Å². The van der Waals surface area contributed by atoms with Crippen molar-refractivity contribution in [3.63, 3.8) is 0 Å². The van der Waals surface area contributed by atoms with Gasteiger partial charge in [0, 0.05) is 29.6 Å². The third kappa shape index (κ3) is 4.28. The summed E-state index contributed by atoms with van der Waals surface area (Å²) in [7, 11) is 0. The number of nitrogens with zero attached hydrogens (tertiary/aromatic N) is 1. The molecule has 142 valence electrons. The lowest BCUT2D eigenvalue weighted by Crippen LogP contribution is -2.34. The van der Waals surface area contributed by atoms with Crippen molar-refractivity contribution in [1.29, 1.82) is 0 Å². The topological polar surface area (TPSA) is 20.3 Å². The molecule has 0 N–H and O–H groups in total. The minimum Gasteiger partial charge on any atom is -0.338 e. The van der Waals surface area contributed by atoms with Gasteiger partial charge < -0.3 is 4.90 Å². The first-order chi connectivity index (χ1) is 13.7. The van der Waals surface area contributed by atoms with Gasteiger partial charge in [-0.1, -0.05) is 72.6 Å². The summed E-state index contributed by atoms with van der Waals surface area (Å²) < 4.78 is 0. The molecule has 1 unspecified atom stereocenters. The van der Waals surface area contributed by atoms with Crippen molar-refractivity contribution in [1.82, 2.24) is 4.90 Å². The number of hydrogen-bond donors (Lipinski definition) is 0. The molecule has 0 aromatic heterocycles. The Balaban J connectivity index is 1.50. The maximum atomic E-state index is 13.1. The molecule has 1 saturated heterocycles. The maximum absolute atomic E-state index is 13.1. The molecule has 0 spiro atoms. The van der Waals surface area contributed by atoms with Crippen LogP contribution in [-0.4, -0.2) is 23.9 Å². The van der Waals surface area contributed by atoms with Gasteiger partial charge in [0.1, 0.15) is 0 Å². The number of carbonyl (C=O) groups is 1. The molecule has 1 fully saturated rings. The minimum atomic E-state index is 0.125. The highest BCUT2D eigenvalue weighted by Gasteiger charge is 2.24. The van der Waals surface area contributed by atoms with Crippen LogP contribution in [0.2, 0.25) is 5.02 Å². The van der Waals surface area contributed by atoms with Crippen molar-refractivity contribution in [3.05, 3.63) is 95.0 Å². The van der Waals surface area contributed by atoms with E-state index in [1.165, 1.54) is 11.1 Å². The summed E-state index contributed by atoms with van der Waals surface area (Å²) in [5.74, 6) is 0.493. The Hall–Kier alpha value is -2.58. The van der Waals surface area contributed by atoms with Crippen LogP contribution >= 0.6 is 11.6 Å². The number of hydrogen-bond acceptors (Lipinski definition) is 1. The normalized spacial score (nSPS) is 17.2. The van der Waals surface area contributed by atoms with Crippen LogP contribution in [0.15, 0.2) is 78.9 Å². The lowest BCUT2D eigenvalue weighted by Gasteiger charge is -2.25. The van der Waals surface area contributed by atoms with Crippen LogP contribution in [0.5, 0.6) is 0 Å². The van der Waals surface area contributed by atoms with Crippen LogP contribution in [0.4, 0.5) is 0 Å². The van der Waals surface area contributed by atoms with E-state index in [9.17, 15) is 4.79 Å². The van der Waals surface area contributed by atoms with Crippen molar-refractivity contribution in [2.24, 2.45) is 0 Å². The first-order valence-corrected chi connectivity index (χ1v) is 10.3. The molecule has 1 amide bonds. The van der Waals surface area contributed by atoms with E-state index >= 15 is 0 Å². The molecular formula is C25H24ClNO. The Morgan fingerprint density at radius 3 is 2.21 bits per heavy atom. The molecule has 0 bridgehead atoms. The second-order valence-electron chi connectivity index (χ2n) is 7.44. The summed E-state index contributed by atoms with van der Waals surface area (Å²) in [6.07, 6.45) is 3.31. The molecule has 3 heteroatoms. The van der Waals surface area contributed by atoms with Gasteiger partial charge in [-0.05, 0) is 53.8 Å². The second kappa shape index (κ2) is 8.62. The van der Waals surface area contributed by atoms with Gasteiger partial charge in [0.15, 0.2) is 0 Å². The van der Waals surface area contributed by atoms with Crippen LogP contribution in [-0.2, 0) is 0 Å². The van der Waals surface area contributed by atoms with Crippen molar-refractivity contribution in [2.75, 3.05) is 13.1 Å². The zero-order chi connectivity index (χ0) is 19.3. The molecule has 3 aromatic rings. The van der Waals surface area contributed by atoms with E-state index in [1.807, 2.05) is 59.5 Å². The fourth-order valence-corrected chi connectivity index (χ4v) is 4.08. The van der Waals surface area contributed by atoms with E-state index in [4.69, 9.17) is 11.6 Å². The van der Waals surface area contributed by atoms with Crippen LogP contribution in [0.25, 0.3) is 11.1 Å². The first kappa shape index (κ1) is 18.8. The molecule has 0 aliphatic carbocycles. The summed E-state index contributed by atoms with van der Waals surface area (Å²) in [4.78, 5) is 15.2. The number of carbonyl (C=O) groups excluding carboxylic acids is 1. The quantitative estimate of drug-likeness (QED) is 0.506. The molecule has 1 aliphatic rings. The molecule has 3 aromatic carbocycles. The van der Waals surface area contributed by atoms with Crippen molar-refractivity contribution >= 4 is 17.5 Å².